The molecular weight excluding hydrogens is 244 g/mol. The Morgan fingerprint density at radius 2 is 2.16 bits per heavy atom. The molecule has 0 aromatic carbocycles. The van der Waals surface area contributed by atoms with Gasteiger partial charge >= 0.3 is 0 Å². The first-order chi connectivity index (χ1) is 8.86. The van der Waals surface area contributed by atoms with Crippen molar-refractivity contribution in [1.82, 2.24) is 15.2 Å². The zero-order valence-corrected chi connectivity index (χ0v) is 11.7. The molecule has 0 saturated carbocycles. The summed E-state index contributed by atoms with van der Waals surface area (Å²) >= 11 is 0. The molecule has 0 radical (unpaired) electrons. The highest BCUT2D eigenvalue weighted by molar-refractivity contribution is 5.98. The van der Waals surface area contributed by atoms with E-state index in [0.717, 1.165) is 0 Å². The molecule has 1 aromatic heterocycles. The maximum Gasteiger partial charge on any atom is 0.253 e. The highest BCUT2D eigenvalue weighted by atomic mass is 16.2. The molecule has 1 aromatic rings. The number of amides is 2. The van der Waals surface area contributed by atoms with Crippen molar-refractivity contribution in [1.29, 1.82) is 0 Å². The van der Waals surface area contributed by atoms with Gasteiger partial charge in [0.15, 0.2) is 0 Å². The van der Waals surface area contributed by atoms with Crippen LogP contribution in [0.3, 0.4) is 0 Å². The Morgan fingerprint density at radius 3 is 2.74 bits per heavy atom. The molecule has 1 unspecified atom stereocenters. The van der Waals surface area contributed by atoms with Gasteiger partial charge in [-0.3, -0.25) is 14.6 Å². The normalized spacial score (nSPS) is 11.8. The highest BCUT2D eigenvalue weighted by Crippen LogP contribution is 2.09. The summed E-state index contributed by atoms with van der Waals surface area (Å²) in [5.74, 6) is -0.479. The van der Waals surface area contributed by atoms with Gasteiger partial charge in [0, 0.05) is 13.6 Å². The molecule has 0 aliphatic rings. The van der Waals surface area contributed by atoms with E-state index in [0.29, 0.717) is 23.5 Å². The summed E-state index contributed by atoms with van der Waals surface area (Å²) in [6, 6.07) is 0.969. The summed E-state index contributed by atoms with van der Waals surface area (Å²) in [6.45, 7) is 5.84. The van der Waals surface area contributed by atoms with E-state index in [2.05, 4.69) is 10.3 Å². The van der Waals surface area contributed by atoms with Gasteiger partial charge in [0.2, 0.25) is 5.91 Å². The zero-order chi connectivity index (χ0) is 14.6. The van der Waals surface area contributed by atoms with E-state index in [-0.39, 0.29) is 11.8 Å². The lowest BCUT2D eigenvalue weighted by molar-refractivity contribution is -0.131. The number of pyridine rings is 1. The molecule has 19 heavy (non-hydrogen) atoms. The molecular formula is C13H20N4O2. The van der Waals surface area contributed by atoms with E-state index >= 15 is 0 Å². The van der Waals surface area contributed by atoms with Gasteiger partial charge < -0.3 is 16.0 Å². The fraction of sp³-hybridized carbons (Fsp3) is 0.462. The first-order valence-electron chi connectivity index (χ1n) is 6.14. The SMILES string of the molecule is CCN(C)C(=O)C(C)NC(=O)c1cc(N)cnc1C. The van der Waals surface area contributed by atoms with Crippen molar-refractivity contribution < 1.29 is 9.59 Å². The van der Waals surface area contributed by atoms with Crippen molar-refractivity contribution in [2.24, 2.45) is 0 Å². The molecule has 1 rings (SSSR count). The van der Waals surface area contributed by atoms with Gasteiger partial charge in [-0.05, 0) is 26.8 Å². The number of anilines is 1. The summed E-state index contributed by atoms with van der Waals surface area (Å²) in [5.41, 5.74) is 6.99. The third kappa shape index (κ3) is 3.67. The smallest absolute Gasteiger partial charge is 0.253 e. The standard InChI is InChI=1S/C13H20N4O2/c1-5-17(4)13(19)9(3)16-12(18)11-6-10(14)7-15-8(11)2/h6-7,9H,5,14H2,1-4H3,(H,16,18). The van der Waals surface area contributed by atoms with Gasteiger partial charge in [-0.15, -0.1) is 0 Å². The van der Waals surface area contributed by atoms with Crippen molar-refractivity contribution in [3.05, 3.63) is 23.5 Å². The van der Waals surface area contributed by atoms with Gasteiger partial charge in [0.05, 0.1) is 23.1 Å². The second-order valence-electron chi connectivity index (χ2n) is 4.45. The highest BCUT2D eigenvalue weighted by Gasteiger charge is 2.20. The van der Waals surface area contributed by atoms with Crippen LogP contribution >= 0.6 is 0 Å². The van der Waals surface area contributed by atoms with E-state index in [1.165, 1.54) is 6.20 Å². The van der Waals surface area contributed by atoms with Crippen LogP contribution in [0.25, 0.3) is 0 Å². The quantitative estimate of drug-likeness (QED) is 0.832. The van der Waals surface area contributed by atoms with Crippen LogP contribution < -0.4 is 11.1 Å². The minimum Gasteiger partial charge on any atom is -0.397 e. The minimum atomic E-state index is -0.585. The van der Waals surface area contributed by atoms with Gasteiger partial charge in [0.25, 0.3) is 5.91 Å². The summed E-state index contributed by atoms with van der Waals surface area (Å²) in [7, 11) is 1.69. The first-order valence-corrected chi connectivity index (χ1v) is 6.14. The number of carbonyl (C=O) groups is 2. The fourth-order valence-electron chi connectivity index (χ4n) is 1.60. The van der Waals surface area contributed by atoms with E-state index in [9.17, 15) is 9.59 Å². The Bertz CT molecular complexity index is 488. The monoisotopic (exact) mass is 264 g/mol. The van der Waals surface area contributed by atoms with Crippen molar-refractivity contribution in [2.75, 3.05) is 19.3 Å². The van der Waals surface area contributed by atoms with E-state index in [4.69, 9.17) is 5.73 Å². The molecule has 6 nitrogen and oxygen atoms in total. The van der Waals surface area contributed by atoms with Crippen molar-refractivity contribution >= 4 is 17.5 Å². The Labute approximate surface area is 113 Å². The molecule has 0 aliphatic carbocycles. The lowest BCUT2D eigenvalue weighted by Gasteiger charge is -2.20. The van der Waals surface area contributed by atoms with Crippen LogP contribution in [0.4, 0.5) is 5.69 Å². The predicted octanol–water partition coefficient (Wildman–Crippen LogP) is 0.569. The van der Waals surface area contributed by atoms with Gasteiger partial charge in [-0.1, -0.05) is 0 Å². The van der Waals surface area contributed by atoms with Gasteiger partial charge in [0.1, 0.15) is 6.04 Å². The number of nitrogen functional groups attached to an aromatic ring is 1. The van der Waals surface area contributed by atoms with Gasteiger partial charge in [-0.25, -0.2) is 0 Å². The molecule has 0 aliphatic heterocycles. The third-order valence-electron chi connectivity index (χ3n) is 2.92. The summed E-state index contributed by atoms with van der Waals surface area (Å²) < 4.78 is 0. The second-order valence-corrected chi connectivity index (χ2v) is 4.45. The molecule has 6 heteroatoms. The number of nitrogens with one attached hydrogen (secondary N) is 1. The average Bonchev–Trinajstić information content (AvgIpc) is 2.39. The molecule has 0 saturated heterocycles. The minimum absolute atomic E-state index is 0.134. The van der Waals surface area contributed by atoms with E-state index in [1.807, 2.05) is 6.92 Å². The van der Waals surface area contributed by atoms with Crippen LogP contribution in [0.15, 0.2) is 12.3 Å². The molecule has 1 heterocycles. The molecule has 3 N–H and O–H groups in total. The summed E-state index contributed by atoms with van der Waals surface area (Å²) in [6.07, 6.45) is 1.49. The van der Waals surface area contributed by atoms with Crippen LogP contribution in [0.1, 0.15) is 29.9 Å². The number of likely N-dealkylation sites (N-methyl/N-ethyl adjacent to an activating group) is 1. The topological polar surface area (TPSA) is 88.3 Å². The Balaban J connectivity index is 2.80. The van der Waals surface area contributed by atoms with Crippen molar-refractivity contribution in [3.63, 3.8) is 0 Å². The zero-order valence-electron chi connectivity index (χ0n) is 11.7. The second kappa shape index (κ2) is 6.17. The molecule has 0 spiro atoms. The molecule has 2 amide bonds. The number of hydrogen-bond acceptors (Lipinski definition) is 4. The largest absolute Gasteiger partial charge is 0.397 e. The Hall–Kier alpha value is -2.11. The number of aryl methyl sites for hydroxylation is 1. The molecule has 0 fully saturated rings. The lowest BCUT2D eigenvalue weighted by atomic mass is 10.1. The van der Waals surface area contributed by atoms with Crippen LogP contribution in [0.2, 0.25) is 0 Å². The molecule has 104 valence electrons. The van der Waals surface area contributed by atoms with Crippen LogP contribution in [-0.4, -0.2) is 41.3 Å². The number of aromatic nitrogens is 1. The molecule has 0 bridgehead atoms. The predicted molar refractivity (Wildman–Crippen MR) is 73.6 cm³/mol. The van der Waals surface area contributed by atoms with Crippen molar-refractivity contribution in [3.8, 4) is 0 Å². The summed E-state index contributed by atoms with van der Waals surface area (Å²) in [4.78, 5) is 29.5. The van der Waals surface area contributed by atoms with Crippen LogP contribution in [0.5, 0.6) is 0 Å². The maximum atomic E-state index is 12.1. The number of rotatable bonds is 4. The molecule has 1 atom stereocenters. The summed E-state index contributed by atoms with van der Waals surface area (Å²) in [5, 5.41) is 2.65. The Kier molecular flexibility index (Phi) is 4.86. The van der Waals surface area contributed by atoms with Crippen LogP contribution in [0, 0.1) is 6.92 Å². The van der Waals surface area contributed by atoms with E-state index < -0.39 is 6.04 Å². The number of hydrogen-bond donors (Lipinski definition) is 2. The first kappa shape index (κ1) is 14.9. The number of carbonyl (C=O) groups excluding carboxylic acids is 2. The van der Waals surface area contributed by atoms with Gasteiger partial charge in [-0.2, -0.15) is 0 Å². The van der Waals surface area contributed by atoms with E-state index in [1.54, 1.807) is 31.9 Å². The number of nitrogens with two attached hydrogens (primary N) is 1. The maximum absolute atomic E-state index is 12.1. The Morgan fingerprint density at radius 1 is 1.53 bits per heavy atom. The fourth-order valence-corrected chi connectivity index (χ4v) is 1.60. The van der Waals surface area contributed by atoms with Crippen LogP contribution in [-0.2, 0) is 4.79 Å². The van der Waals surface area contributed by atoms with Crippen molar-refractivity contribution in [2.45, 2.75) is 26.8 Å². The lowest BCUT2D eigenvalue weighted by Crippen LogP contribution is -2.45. The third-order valence-corrected chi connectivity index (χ3v) is 2.92. The number of nitrogens with zero attached hydrogens (tertiary/aromatic N) is 2. The average molecular weight is 264 g/mol.